The Labute approximate surface area is 201 Å². The minimum atomic E-state index is -3.99. The van der Waals surface area contributed by atoms with Crippen molar-refractivity contribution in [2.24, 2.45) is 5.92 Å². The Morgan fingerprint density at radius 1 is 1.06 bits per heavy atom. The lowest BCUT2D eigenvalue weighted by molar-refractivity contribution is -0.122. The van der Waals surface area contributed by atoms with E-state index in [4.69, 9.17) is 0 Å². The summed E-state index contributed by atoms with van der Waals surface area (Å²) in [4.78, 5) is 19.8. The molecule has 1 aromatic heterocycles. The largest absolute Gasteiger partial charge is 0.353 e. The molecular formula is C26H32N4O3S. The summed E-state index contributed by atoms with van der Waals surface area (Å²) in [5, 5.41) is 3.68. The molecule has 2 aromatic carbocycles. The molecule has 3 aromatic rings. The van der Waals surface area contributed by atoms with Gasteiger partial charge in [-0.25, -0.2) is 8.42 Å². The van der Waals surface area contributed by atoms with Crippen LogP contribution in [0.2, 0.25) is 0 Å². The van der Waals surface area contributed by atoms with Crippen molar-refractivity contribution < 1.29 is 13.2 Å². The molecule has 0 bridgehead atoms. The zero-order chi connectivity index (χ0) is 24.0. The Hall–Kier alpha value is -2.81. The minimum absolute atomic E-state index is 0.0684. The monoisotopic (exact) mass is 480 g/mol. The first-order valence-electron chi connectivity index (χ1n) is 11.8. The number of hydrogen-bond donors (Lipinski definition) is 2. The summed E-state index contributed by atoms with van der Waals surface area (Å²) in [6, 6.07) is 17.1. The van der Waals surface area contributed by atoms with Crippen LogP contribution in [-0.4, -0.2) is 56.4 Å². The number of carbonyl (C=O) groups is 1. The first-order chi connectivity index (χ1) is 16.4. The highest BCUT2D eigenvalue weighted by Crippen LogP contribution is 2.21. The number of sulfonamides is 1. The van der Waals surface area contributed by atoms with Crippen LogP contribution in [0.1, 0.15) is 25.3 Å². The molecule has 8 heteroatoms. The zero-order valence-corrected chi connectivity index (χ0v) is 20.3. The van der Waals surface area contributed by atoms with Gasteiger partial charge in [0.05, 0.1) is 5.52 Å². The molecule has 2 heterocycles. The van der Waals surface area contributed by atoms with Gasteiger partial charge in [0, 0.05) is 24.7 Å². The van der Waals surface area contributed by atoms with Crippen LogP contribution in [0.3, 0.4) is 0 Å². The molecule has 1 amide bonds. The number of aromatic nitrogens is 1. The number of amides is 1. The highest BCUT2D eigenvalue weighted by atomic mass is 32.2. The van der Waals surface area contributed by atoms with E-state index in [1.54, 1.807) is 18.3 Å². The van der Waals surface area contributed by atoms with E-state index in [0.717, 1.165) is 36.5 Å². The third-order valence-corrected chi connectivity index (χ3v) is 7.89. The molecule has 34 heavy (non-hydrogen) atoms. The molecule has 4 rings (SSSR count). The van der Waals surface area contributed by atoms with Gasteiger partial charge in [0.1, 0.15) is 10.9 Å². The van der Waals surface area contributed by atoms with E-state index in [2.05, 4.69) is 26.8 Å². The number of piperidine rings is 1. The second-order valence-electron chi connectivity index (χ2n) is 9.01. The van der Waals surface area contributed by atoms with Crippen molar-refractivity contribution >= 4 is 26.8 Å². The van der Waals surface area contributed by atoms with Crippen LogP contribution in [0.5, 0.6) is 0 Å². The van der Waals surface area contributed by atoms with Crippen LogP contribution in [0.15, 0.2) is 71.8 Å². The van der Waals surface area contributed by atoms with Crippen molar-refractivity contribution in [2.75, 3.05) is 26.2 Å². The Morgan fingerprint density at radius 3 is 2.56 bits per heavy atom. The minimum Gasteiger partial charge on any atom is -0.353 e. The van der Waals surface area contributed by atoms with E-state index in [1.165, 1.54) is 18.9 Å². The number of para-hydroxylation sites is 1. The third-order valence-electron chi connectivity index (χ3n) is 6.39. The molecule has 0 radical (unpaired) electrons. The maximum atomic E-state index is 13.4. The van der Waals surface area contributed by atoms with E-state index in [-0.39, 0.29) is 17.2 Å². The quantitative estimate of drug-likeness (QED) is 0.491. The molecule has 0 saturated carbocycles. The normalized spacial score (nSPS) is 16.4. The topological polar surface area (TPSA) is 91.4 Å². The molecule has 2 N–H and O–H groups in total. The maximum Gasteiger partial charge on any atom is 0.243 e. The standard InChI is InChI=1S/C26H32N4O3S/c1-20-12-16-30(17-13-20)18-15-28-26(31)23(19-21-7-3-2-4-8-21)29-34(32,33)24-11-5-9-22-10-6-14-27-25(22)24/h2-11,14,20,23,29H,12-13,15-19H2,1H3,(H,28,31)/t23-/m0/s1. The highest BCUT2D eigenvalue weighted by molar-refractivity contribution is 7.89. The molecule has 1 aliphatic rings. The zero-order valence-electron chi connectivity index (χ0n) is 19.5. The number of fused-ring (bicyclic) bond motifs is 1. The van der Waals surface area contributed by atoms with E-state index in [9.17, 15) is 13.2 Å². The smallest absolute Gasteiger partial charge is 0.243 e. The van der Waals surface area contributed by atoms with Crippen molar-refractivity contribution in [2.45, 2.75) is 37.1 Å². The van der Waals surface area contributed by atoms with Crippen molar-refractivity contribution in [1.29, 1.82) is 0 Å². The first-order valence-corrected chi connectivity index (χ1v) is 13.3. The van der Waals surface area contributed by atoms with Crippen LogP contribution in [0, 0.1) is 5.92 Å². The molecule has 1 aliphatic heterocycles. The average molecular weight is 481 g/mol. The Balaban J connectivity index is 1.49. The summed E-state index contributed by atoms with van der Waals surface area (Å²) in [5.74, 6) is 0.421. The molecule has 0 unspecified atom stereocenters. The third kappa shape index (κ3) is 6.20. The molecule has 1 atom stereocenters. The molecular weight excluding hydrogens is 448 g/mol. The SMILES string of the molecule is CC1CCN(CCNC(=O)[C@H](Cc2ccccc2)NS(=O)(=O)c2cccc3cccnc23)CC1. The molecule has 7 nitrogen and oxygen atoms in total. The van der Waals surface area contributed by atoms with Crippen LogP contribution in [0.25, 0.3) is 10.9 Å². The summed E-state index contributed by atoms with van der Waals surface area (Å²) in [5.41, 5.74) is 1.27. The van der Waals surface area contributed by atoms with Gasteiger partial charge in [-0.15, -0.1) is 0 Å². The number of pyridine rings is 1. The van der Waals surface area contributed by atoms with Crippen LogP contribution in [-0.2, 0) is 21.2 Å². The summed E-state index contributed by atoms with van der Waals surface area (Å²) in [6.07, 6.45) is 4.16. The average Bonchev–Trinajstić information content (AvgIpc) is 2.85. The number of nitrogens with zero attached hydrogens (tertiary/aromatic N) is 2. The Morgan fingerprint density at radius 2 is 1.79 bits per heavy atom. The van der Waals surface area contributed by atoms with Crippen molar-refractivity contribution in [3.63, 3.8) is 0 Å². The van der Waals surface area contributed by atoms with Crippen molar-refractivity contribution in [1.82, 2.24) is 19.9 Å². The number of likely N-dealkylation sites (tertiary alicyclic amines) is 1. The Bertz CT molecular complexity index is 1200. The molecule has 1 fully saturated rings. The van der Waals surface area contributed by atoms with Gasteiger partial charge in [-0.2, -0.15) is 4.72 Å². The fourth-order valence-electron chi connectivity index (χ4n) is 4.33. The van der Waals surface area contributed by atoms with Gasteiger partial charge < -0.3 is 10.2 Å². The summed E-state index contributed by atoms with van der Waals surface area (Å²) < 4.78 is 29.4. The second kappa shape index (κ2) is 11.1. The van der Waals surface area contributed by atoms with Gasteiger partial charge in [-0.05, 0) is 56.0 Å². The molecule has 0 spiro atoms. The lowest BCUT2D eigenvalue weighted by atomic mass is 9.99. The Kier molecular flexibility index (Phi) is 7.92. The lowest BCUT2D eigenvalue weighted by Crippen LogP contribution is -2.49. The molecule has 180 valence electrons. The fraction of sp³-hybridized carbons (Fsp3) is 0.385. The van der Waals surface area contributed by atoms with Gasteiger partial charge in [0.15, 0.2) is 0 Å². The number of rotatable bonds is 9. The number of hydrogen-bond acceptors (Lipinski definition) is 5. The van der Waals surface area contributed by atoms with E-state index in [1.807, 2.05) is 42.5 Å². The highest BCUT2D eigenvalue weighted by Gasteiger charge is 2.27. The fourth-order valence-corrected chi connectivity index (χ4v) is 5.70. The summed E-state index contributed by atoms with van der Waals surface area (Å²) in [7, 11) is -3.99. The number of benzene rings is 2. The molecule has 0 aliphatic carbocycles. The second-order valence-corrected chi connectivity index (χ2v) is 10.7. The van der Waals surface area contributed by atoms with Gasteiger partial charge in [-0.3, -0.25) is 9.78 Å². The number of nitrogens with one attached hydrogen (secondary N) is 2. The van der Waals surface area contributed by atoms with Crippen LogP contribution in [0.4, 0.5) is 0 Å². The van der Waals surface area contributed by atoms with Gasteiger partial charge in [0.25, 0.3) is 0 Å². The van der Waals surface area contributed by atoms with Crippen LogP contribution < -0.4 is 10.0 Å². The summed E-state index contributed by atoms with van der Waals surface area (Å²) in [6.45, 7) is 5.58. The predicted molar refractivity (Wildman–Crippen MR) is 134 cm³/mol. The first kappa shape index (κ1) is 24.3. The van der Waals surface area contributed by atoms with E-state index < -0.39 is 16.1 Å². The van der Waals surface area contributed by atoms with Gasteiger partial charge in [0.2, 0.25) is 15.9 Å². The van der Waals surface area contributed by atoms with Crippen molar-refractivity contribution in [3.05, 3.63) is 72.4 Å². The maximum absolute atomic E-state index is 13.4. The molecule has 1 saturated heterocycles. The predicted octanol–water partition coefficient (Wildman–Crippen LogP) is 2.97. The van der Waals surface area contributed by atoms with E-state index in [0.29, 0.717) is 12.1 Å². The van der Waals surface area contributed by atoms with Crippen LogP contribution >= 0.6 is 0 Å². The van der Waals surface area contributed by atoms with Gasteiger partial charge >= 0.3 is 0 Å². The van der Waals surface area contributed by atoms with Crippen molar-refractivity contribution in [3.8, 4) is 0 Å². The van der Waals surface area contributed by atoms with Gasteiger partial charge in [-0.1, -0.05) is 55.5 Å². The summed E-state index contributed by atoms with van der Waals surface area (Å²) >= 11 is 0. The lowest BCUT2D eigenvalue weighted by Gasteiger charge is -2.30. The number of carbonyl (C=O) groups excluding carboxylic acids is 1. The van der Waals surface area contributed by atoms with E-state index >= 15 is 0 Å².